The van der Waals surface area contributed by atoms with E-state index in [1.165, 1.54) is 5.56 Å². The molecule has 2 aromatic heterocycles. The monoisotopic (exact) mass is 489 g/mol. The van der Waals surface area contributed by atoms with Crippen LogP contribution in [0.4, 0.5) is 0 Å². The van der Waals surface area contributed by atoms with Gasteiger partial charge in [-0.25, -0.2) is 9.78 Å². The van der Waals surface area contributed by atoms with E-state index in [1.54, 1.807) is 10.8 Å². The Morgan fingerprint density at radius 3 is 2.56 bits per heavy atom. The zero-order valence-corrected chi connectivity index (χ0v) is 20.9. The lowest BCUT2D eigenvalue weighted by molar-refractivity contribution is -0.141. The van der Waals surface area contributed by atoms with Crippen molar-refractivity contribution >= 4 is 23.0 Å². The summed E-state index contributed by atoms with van der Waals surface area (Å²) >= 11 is 0. The average molecular weight is 490 g/mol. The molecule has 0 spiro atoms. The van der Waals surface area contributed by atoms with Crippen LogP contribution in [0.2, 0.25) is 0 Å². The van der Waals surface area contributed by atoms with Gasteiger partial charge in [0, 0.05) is 56.7 Å². The maximum absolute atomic E-state index is 13.4. The molecule has 36 heavy (non-hydrogen) atoms. The number of hydrogen-bond donors (Lipinski definition) is 1. The lowest BCUT2D eigenvalue weighted by atomic mass is 9.90. The van der Waals surface area contributed by atoms with Crippen LogP contribution < -0.4 is 5.69 Å². The van der Waals surface area contributed by atoms with Crippen molar-refractivity contribution in [3.63, 3.8) is 0 Å². The first-order valence-corrected chi connectivity index (χ1v) is 13.2. The molecule has 2 saturated heterocycles. The van der Waals surface area contributed by atoms with Gasteiger partial charge >= 0.3 is 5.69 Å². The highest BCUT2D eigenvalue weighted by molar-refractivity contribution is 5.86. The molecule has 3 aromatic rings. The van der Waals surface area contributed by atoms with E-state index >= 15 is 0 Å². The van der Waals surface area contributed by atoms with E-state index in [2.05, 4.69) is 41.2 Å². The Labute approximate surface area is 211 Å². The predicted octanol–water partition coefficient (Wildman–Crippen LogP) is 3.71. The van der Waals surface area contributed by atoms with E-state index in [-0.39, 0.29) is 35.9 Å². The van der Waals surface area contributed by atoms with Gasteiger partial charge in [0.2, 0.25) is 11.8 Å². The molecular formula is C28H35N5O3. The summed E-state index contributed by atoms with van der Waals surface area (Å²) in [7, 11) is 0. The number of amides is 2. The summed E-state index contributed by atoms with van der Waals surface area (Å²) in [5, 5.41) is 0. The molecule has 1 N–H and O–H groups in total. The number of piperidine rings is 1. The Balaban J connectivity index is 1.23. The van der Waals surface area contributed by atoms with Gasteiger partial charge in [0.15, 0.2) is 5.65 Å². The first-order valence-electron chi connectivity index (χ1n) is 13.2. The number of fused-ring (bicyclic) bond motifs is 1. The lowest BCUT2D eigenvalue weighted by Crippen LogP contribution is -2.43. The van der Waals surface area contributed by atoms with E-state index in [9.17, 15) is 14.4 Å². The van der Waals surface area contributed by atoms with Crippen molar-refractivity contribution in [3.8, 4) is 0 Å². The first kappa shape index (κ1) is 24.3. The summed E-state index contributed by atoms with van der Waals surface area (Å²) in [6.07, 6.45) is 5.91. The number of aromatic amines is 1. The maximum Gasteiger partial charge on any atom is 0.327 e. The van der Waals surface area contributed by atoms with Crippen molar-refractivity contribution in [2.75, 3.05) is 26.2 Å². The largest absolute Gasteiger partial charge is 0.343 e. The Morgan fingerprint density at radius 2 is 1.81 bits per heavy atom. The summed E-state index contributed by atoms with van der Waals surface area (Å²) in [5.41, 5.74) is 2.52. The maximum atomic E-state index is 13.4. The molecule has 0 bridgehead atoms. The molecule has 4 heterocycles. The number of benzene rings is 1. The number of pyridine rings is 1. The summed E-state index contributed by atoms with van der Waals surface area (Å²) < 4.78 is 1.78. The second-order valence-corrected chi connectivity index (χ2v) is 10.2. The normalized spacial score (nSPS) is 21.6. The van der Waals surface area contributed by atoms with Crippen molar-refractivity contribution < 1.29 is 9.59 Å². The third-order valence-corrected chi connectivity index (χ3v) is 7.82. The molecule has 2 amide bonds. The Kier molecular flexibility index (Phi) is 7.20. The fraction of sp³-hybridized carbons (Fsp3) is 0.500. The molecule has 2 fully saturated rings. The summed E-state index contributed by atoms with van der Waals surface area (Å²) in [6, 6.07) is 14.2. The van der Waals surface area contributed by atoms with E-state index in [4.69, 9.17) is 0 Å². The average Bonchev–Trinajstić information content (AvgIpc) is 3.17. The number of imidazole rings is 1. The number of carbonyl (C=O) groups excluding carboxylic acids is 2. The van der Waals surface area contributed by atoms with Crippen LogP contribution >= 0.6 is 0 Å². The third kappa shape index (κ3) is 4.94. The van der Waals surface area contributed by atoms with Gasteiger partial charge in [-0.05, 0) is 49.8 Å². The van der Waals surface area contributed by atoms with E-state index in [1.807, 2.05) is 28.0 Å². The number of likely N-dealkylation sites (tertiary alicyclic amines) is 2. The lowest BCUT2D eigenvalue weighted by Gasteiger charge is -2.33. The number of rotatable bonds is 6. The number of H-pyrrole nitrogens is 1. The molecule has 5 rings (SSSR count). The number of nitrogens with zero attached hydrogens (tertiary/aromatic N) is 4. The highest BCUT2D eigenvalue weighted by Gasteiger charge is 2.34. The van der Waals surface area contributed by atoms with Crippen LogP contribution in [0.1, 0.15) is 63.0 Å². The molecule has 0 radical (unpaired) electrons. The summed E-state index contributed by atoms with van der Waals surface area (Å²) in [6.45, 7) is 4.73. The van der Waals surface area contributed by atoms with E-state index in [0.29, 0.717) is 37.5 Å². The van der Waals surface area contributed by atoms with Gasteiger partial charge in [-0.2, -0.15) is 0 Å². The first-order chi connectivity index (χ1) is 17.5. The molecule has 8 nitrogen and oxygen atoms in total. The molecule has 2 atom stereocenters. The molecule has 0 aliphatic carbocycles. The molecule has 0 unspecified atom stereocenters. The van der Waals surface area contributed by atoms with Gasteiger partial charge in [-0.1, -0.05) is 37.3 Å². The Bertz CT molecular complexity index is 1260. The number of aromatic nitrogens is 3. The van der Waals surface area contributed by atoms with Crippen LogP contribution in [0.3, 0.4) is 0 Å². The predicted molar refractivity (Wildman–Crippen MR) is 139 cm³/mol. The Hall–Kier alpha value is -3.42. The number of nitrogens with one attached hydrogen (secondary N) is 1. The van der Waals surface area contributed by atoms with Crippen LogP contribution in [-0.4, -0.2) is 62.3 Å². The van der Waals surface area contributed by atoms with Crippen molar-refractivity contribution in [1.82, 2.24) is 24.3 Å². The second kappa shape index (κ2) is 10.7. The molecular weight excluding hydrogens is 454 g/mol. The molecule has 8 heteroatoms. The van der Waals surface area contributed by atoms with Gasteiger partial charge in [0.05, 0.1) is 5.52 Å². The van der Waals surface area contributed by atoms with Crippen molar-refractivity contribution in [2.24, 2.45) is 5.92 Å². The van der Waals surface area contributed by atoms with Gasteiger partial charge in [0.1, 0.15) is 0 Å². The standard InChI is InChI=1S/C28H35N5O3/c1-2-15-32-19-22(20-7-4-3-5-8-20)11-10-21(27(32)35)18-25(34)31-16-12-23(13-17-31)33-24-9-6-14-29-26(24)30-28(33)36/h3-9,14,21-23H,2,10-13,15-19H2,1H3,(H,29,30,36)/t21-,22-/m0/s1. The fourth-order valence-electron chi connectivity index (χ4n) is 5.92. The molecule has 2 aliphatic rings. The zero-order chi connectivity index (χ0) is 25.1. The Morgan fingerprint density at radius 1 is 1.03 bits per heavy atom. The topological polar surface area (TPSA) is 91.3 Å². The van der Waals surface area contributed by atoms with Crippen molar-refractivity contribution in [3.05, 3.63) is 64.7 Å². The molecule has 0 saturated carbocycles. The minimum absolute atomic E-state index is 0.0330. The SMILES string of the molecule is CCCN1C[C@@H](c2ccccc2)CC[C@@H](CC(=O)N2CCC(n3c(=O)[nH]c4ncccc43)CC2)C1=O. The van der Waals surface area contributed by atoms with Crippen LogP contribution in [0.15, 0.2) is 53.5 Å². The number of hydrogen-bond acceptors (Lipinski definition) is 4. The molecule has 190 valence electrons. The highest BCUT2D eigenvalue weighted by atomic mass is 16.2. The van der Waals surface area contributed by atoms with Crippen LogP contribution in [-0.2, 0) is 9.59 Å². The summed E-state index contributed by atoms with van der Waals surface area (Å²) in [4.78, 5) is 50.2. The number of carbonyl (C=O) groups is 2. The van der Waals surface area contributed by atoms with Gasteiger partial charge in [-0.15, -0.1) is 0 Å². The van der Waals surface area contributed by atoms with Crippen molar-refractivity contribution in [1.29, 1.82) is 0 Å². The summed E-state index contributed by atoms with van der Waals surface area (Å²) in [5.74, 6) is 0.213. The third-order valence-electron chi connectivity index (χ3n) is 7.82. The molecule has 1 aromatic carbocycles. The minimum Gasteiger partial charge on any atom is -0.343 e. The molecule has 2 aliphatic heterocycles. The highest BCUT2D eigenvalue weighted by Crippen LogP contribution is 2.32. The van der Waals surface area contributed by atoms with E-state index < -0.39 is 0 Å². The minimum atomic E-state index is -0.266. The van der Waals surface area contributed by atoms with Crippen LogP contribution in [0, 0.1) is 5.92 Å². The zero-order valence-electron chi connectivity index (χ0n) is 20.9. The van der Waals surface area contributed by atoms with Gasteiger partial charge in [0.25, 0.3) is 0 Å². The fourth-order valence-corrected chi connectivity index (χ4v) is 5.92. The quantitative estimate of drug-likeness (QED) is 0.571. The van der Waals surface area contributed by atoms with Crippen molar-refractivity contribution in [2.45, 2.75) is 57.4 Å². The van der Waals surface area contributed by atoms with Crippen LogP contribution in [0.25, 0.3) is 11.2 Å². The second-order valence-electron chi connectivity index (χ2n) is 10.2. The van der Waals surface area contributed by atoms with E-state index in [0.717, 1.165) is 37.9 Å². The van der Waals surface area contributed by atoms with Crippen LogP contribution in [0.5, 0.6) is 0 Å². The van der Waals surface area contributed by atoms with Gasteiger partial charge < -0.3 is 9.80 Å². The smallest absolute Gasteiger partial charge is 0.327 e. The van der Waals surface area contributed by atoms with Gasteiger partial charge in [-0.3, -0.25) is 19.1 Å².